The lowest BCUT2D eigenvalue weighted by molar-refractivity contribution is -0.117. The number of amides is 1. The first kappa shape index (κ1) is 9.51. The number of aromatic amines is 1. The second kappa shape index (κ2) is 3.27. The number of primary amides is 1. The maximum absolute atomic E-state index is 11.3. The summed E-state index contributed by atoms with van der Waals surface area (Å²) in [4.78, 5) is 24.7. The van der Waals surface area contributed by atoms with Gasteiger partial charge in [0.25, 0.3) is 0 Å². The van der Waals surface area contributed by atoms with Crippen LogP contribution in [0.4, 0.5) is 0 Å². The van der Waals surface area contributed by atoms with Crippen molar-refractivity contribution in [3.05, 3.63) is 34.2 Å². The lowest BCUT2D eigenvalue weighted by Crippen LogP contribution is -2.13. The summed E-state index contributed by atoms with van der Waals surface area (Å²) in [5.74, 6) is -0.382. The van der Waals surface area contributed by atoms with E-state index in [1.54, 1.807) is 25.2 Å². The number of hydrogen-bond acceptors (Lipinski definition) is 2. The number of fused-ring (bicyclic) bond motifs is 1. The molecule has 1 aromatic heterocycles. The highest BCUT2D eigenvalue weighted by atomic mass is 16.1. The lowest BCUT2D eigenvalue weighted by Gasteiger charge is -1.98. The fourth-order valence-electron chi connectivity index (χ4n) is 1.60. The molecule has 0 unspecified atom stereocenters. The molecule has 2 aromatic rings. The van der Waals surface area contributed by atoms with Gasteiger partial charge in [0.05, 0.1) is 17.5 Å². The topological polar surface area (TPSA) is 80.9 Å². The average molecular weight is 205 g/mol. The first-order chi connectivity index (χ1) is 7.08. The fraction of sp³-hybridized carbons (Fsp3) is 0.200. The maximum Gasteiger partial charge on any atom is 0.326 e. The third kappa shape index (κ3) is 1.63. The monoisotopic (exact) mass is 205 g/mol. The van der Waals surface area contributed by atoms with Gasteiger partial charge in [0.15, 0.2) is 0 Å². The third-order valence-corrected chi connectivity index (χ3v) is 2.35. The summed E-state index contributed by atoms with van der Waals surface area (Å²) in [6.45, 7) is 0. The van der Waals surface area contributed by atoms with Crippen LogP contribution in [-0.4, -0.2) is 15.5 Å². The van der Waals surface area contributed by atoms with Crippen LogP contribution in [0.5, 0.6) is 0 Å². The molecule has 0 aliphatic carbocycles. The summed E-state index contributed by atoms with van der Waals surface area (Å²) in [5.41, 5.74) is 7.26. The zero-order valence-electron chi connectivity index (χ0n) is 8.28. The third-order valence-electron chi connectivity index (χ3n) is 2.35. The van der Waals surface area contributed by atoms with Gasteiger partial charge in [-0.15, -0.1) is 0 Å². The second-order valence-electron chi connectivity index (χ2n) is 3.48. The van der Waals surface area contributed by atoms with E-state index in [4.69, 9.17) is 5.73 Å². The van der Waals surface area contributed by atoms with Crippen molar-refractivity contribution in [1.82, 2.24) is 9.55 Å². The van der Waals surface area contributed by atoms with E-state index in [2.05, 4.69) is 4.98 Å². The number of aryl methyl sites for hydroxylation is 1. The highest BCUT2D eigenvalue weighted by Crippen LogP contribution is 2.12. The van der Waals surface area contributed by atoms with Crippen LogP contribution < -0.4 is 11.4 Å². The van der Waals surface area contributed by atoms with E-state index in [1.807, 2.05) is 0 Å². The number of nitrogens with two attached hydrogens (primary N) is 1. The zero-order valence-corrected chi connectivity index (χ0v) is 8.28. The van der Waals surface area contributed by atoms with Gasteiger partial charge in [0, 0.05) is 7.05 Å². The highest BCUT2D eigenvalue weighted by molar-refractivity contribution is 5.80. The van der Waals surface area contributed by atoms with Gasteiger partial charge in [-0.3, -0.25) is 9.36 Å². The Labute approximate surface area is 85.5 Å². The molecule has 1 amide bonds. The lowest BCUT2D eigenvalue weighted by atomic mass is 10.1. The smallest absolute Gasteiger partial charge is 0.326 e. The zero-order chi connectivity index (χ0) is 11.0. The average Bonchev–Trinajstić information content (AvgIpc) is 2.41. The molecule has 0 radical (unpaired) electrons. The Bertz CT molecular complexity index is 580. The summed E-state index contributed by atoms with van der Waals surface area (Å²) in [6, 6.07) is 5.35. The number of nitrogens with one attached hydrogen (secondary N) is 1. The Kier molecular flexibility index (Phi) is 2.07. The summed E-state index contributed by atoms with van der Waals surface area (Å²) >= 11 is 0. The van der Waals surface area contributed by atoms with Gasteiger partial charge >= 0.3 is 5.69 Å². The molecule has 0 atom stereocenters. The molecule has 0 saturated carbocycles. The van der Waals surface area contributed by atoms with Crippen molar-refractivity contribution < 1.29 is 4.79 Å². The molecule has 0 spiro atoms. The number of carbonyl (C=O) groups is 1. The SMILES string of the molecule is Cn1c(=O)[nH]c2cc(CC(N)=O)ccc21. The number of rotatable bonds is 2. The predicted molar refractivity (Wildman–Crippen MR) is 56.4 cm³/mol. The largest absolute Gasteiger partial charge is 0.369 e. The summed E-state index contributed by atoms with van der Waals surface area (Å²) in [6.07, 6.45) is 0.187. The van der Waals surface area contributed by atoms with Crippen molar-refractivity contribution in [2.75, 3.05) is 0 Å². The highest BCUT2D eigenvalue weighted by Gasteiger charge is 2.04. The van der Waals surface area contributed by atoms with Crippen molar-refractivity contribution in [2.24, 2.45) is 12.8 Å². The predicted octanol–water partition coefficient (Wildman–Crippen LogP) is -0.106. The molecule has 0 aliphatic rings. The molecule has 15 heavy (non-hydrogen) atoms. The van der Waals surface area contributed by atoms with Crippen LogP contribution in [0.15, 0.2) is 23.0 Å². The Morgan fingerprint density at radius 3 is 2.93 bits per heavy atom. The quantitative estimate of drug-likeness (QED) is 0.717. The minimum Gasteiger partial charge on any atom is -0.369 e. The van der Waals surface area contributed by atoms with E-state index in [0.29, 0.717) is 0 Å². The molecular weight excluding hydrogens is 194 g/mol. The minimum atomic E-state index is -0.382. The Hall–Kier alpha value is -2.04. The molecule has 3 N–H and O–H groups in total. The van der Waals surface area contributed by atoms with Crippen molar-refractivity contribution in [2.45, 2.75) is 6.42 Å². The minimum absolute atomic E-state index is 0.166. The Balaban J connectivity index is 2.57. The van der Waals surface area contributed by atoms with Gasteiger partial charge in [-0.1, -0.05) is 6.07 Å². The van der Waals surface area contributed by atoms with Crippen molar-refractivity contribution in [3.8, 4) is 0 Å². The summed E-state index contributed by atoms with van der Waals surface area (Å²) in [7, 11) is 1.69. The van der Waals surface area contributed by atoms with E-state index >= 15 is 0 Å². The Morgan fingerprint density at radius 2 is 2.27 bits per heavy atom. The number of nitrogens with zero attached hydrogens (tertiary/aromatic N) is 1. The fourth-order valence-corrected chi connectivity index (χ4v) is 1.60. The second-order valence-corrected chi connectivity index (χ2v) is 3.48. The summed E-state index contributed by atoms with van der Waals surface area (Å²) in [5, 5.41) is 0. The molecule has 5 nitrogen and oxygen atoms in total. The van der Waals surface area contributed by atoms with Crippen LogP contribution in [0.25, 0.3) is 11.0 Å². The number of carbonyl (C=O) groups excluding carboxylic acids is 1. The number of H-pyrrole nitrogens is 1. The summed E-state index contributed by atoms with van der Waals surface area (Å²) < 4.78 is 1.52. The molecular formula is C10H11N3O2. The van der Waals surface area contributed by atoms with Crippen LogP contribution in [0.2, 0.25) is 0 Å². The molecule has 0 saturated heterocycles. The molecule has 5 heteroatoms. The molecule has 0 aliphatic heterocycles. The van der Waals surface area contributed by atoms with E-state index in [-0.39, 0.29) is 18.0 Å². The van der Waals surface area contributed by atoms with Gasteiger partial charge in [-0.05, 0) is 17.7 Å². The van der Waals surface area contributed by atoms with E-state index in [9.17, 15) is 9.59 Å². The molecule has 1 heterocycles. The van der Waals surface area contributed by atoms with Crippen LogP contribution in [-0.2, 0) is 18.3 Å². The van der Waals surface area contributed by atoms with Gasteiger partial charge in [0.1, 0.15) is 0 Å². The number of imidazole rings is 1. The number of hydrogen-bond donors (Lipinski definition) is 2. The van der Waals surface area contributed by atoms with E-state index in [0.717, 1.165) is 16.6 Å². The standard InChI is InChI=1S/C10H11N3O2/c1-13-8-3-2-6(5-9(11)14)4-7(8)12-10(13)15/h2-4H,5H2,1H3,(H2,11,14)(H,12,15). The van der Waals surface area contributed by atoms with Crippen LogP contribution >= 0.6 is 0 Å². The maximum atomic E-state index is 11.3. The van der Waals surface area contributed by atoms with Crippen molar-refractivity contribution >= 4 is 16.9 Å². The van der Waals surface area contributed by atoms with Crippen molar-refractivity contribution in [1.29, 1.82) is 0 Å². The normalized spacial score (nSPS) is 10.7. The molecule has 78 valence electrons. The first-order valence-electron chi connectivity index (χ1n) is 4.54. The van der Waals surface area contributed by atoms with Crippen molar-refractivity contribution in [3.63, 3.8) is 0 Å². The molecule has 0 bridgehead atoms. The van der Waals surface area contributed by atoms with Gasteiger partial charge in [-0.25, -0.2) is 4.79 Å². The van der Waals surface area contributed by atoms with E-state index < -0.39 is 0 Å². The van der Waals surface area contributed by atoms with Gasteiger partial charge in [-0.2, -0.15) is 0 Å². The van der Waals surface area contributed by atoms with Crippen LogP contribution in [0, 0.1) is 0 Å². The first-order valence-corrected chi connectivity index (χ1v) is 4.54. The van der Waals surface area contributed by atoms with Gasteiger partial charge < -0.3 is 10.7 Å². The van der Waals surface area contributed by atoms with Crippen LogP contribution in [0.1, 0.15) is 5.56 Å². The number of benzene rings is 1. The van der Waals surface area contributed by atoms with Crippen LogP contribution in [0.3, 0.4) is 0 Å². The van der Waals surface area contributed by atoms with Gasteiger partial charge in [0.2, 0.25) is 5.91 Å². The number of aromatic nitrogens is 2. The van der Waals surface area contributed by atoms with E-state index in [1.165, 1.54) is 4.57 Å². The molecule has 1 aromatic carbocycles. The Morgan fingerprint density at radius 1 is 1.53 bits per heavy atom. The molecule has 2 rings (SSSR count). The molecule has 0 fully saturated rings.